The van der Waals surface area contributed by atoms with Gasteiger partial charge in [0.1, 0.15) is 11.5 Å². The van der Waals surface area contributed by atoms with E-state index in [-0.39, 0.29) is 17.3 Å². The molecule has 1 heterocycles. The van der Waals surface area contributed by atoms with Crippen LogP contribution in [-0.2, 0) is 4.79 Å². The number of hydrogen-bond donors (Lipinski definition) is 2. The fourth-order valence-corrected chi connectivity index (χ4v) is 1.93. The lowest BCUT2D eigenvalue weighted by Crippen LogP contribution is -2.34. The van der Waals surface area contributed by atoms with Gasteiger partial charge in [-0.05, 0) is 26.0 Å². The maximum atomic E-state index is 13.7. The molecule has 1 unspecified atom stereocenters. The fraction of sp³-hybridized carbons (Fsp3) is 0.267. The predicted molar refractivity (Wildman–Crippen MR) is 76.9 cm³/mol. The largest absolute Gasteiger partial charge is 0.479 e. The molecule has 22 heavy (non-hydrogen) atoms. The summed E-state index contributed by atoms with van der Waals surface area (Å²) in [4.78, 5) is 23.4. The number of carbonyl (C=O) groups excluding carboxylic acids is 1. The van der Waals surface area contributed by atoms with Crippen LogP contribution in [0.25, 0.3) is 0 Å². The van der Waals surface area contributed by atoms with Crippen molar-refractivity contribution >= 4 is 11.9 Å². The van der Waals surface area contributed by atoms with Crippen molar-refractivity contribution in [1.82, 2.24) is 15.1 Å². The number of carboxylic acid groups (broad SMARTS) is 1. The number of nitrogens with one attached hydrogen (secondary N) is 1. The Hall–Kier alpha value is -2.70. The highest BCUT2D eigenvalue weighted by Crippen LogP contribution is 2.17. The van der Waals surface area contributed by atoms with E-state index in [2.05, 4.69) is 10.4 Å². The Morgan fingerprint density at radius 2 is 1.95 bits per heavy atom. The number of hydrogen-bond acceptors (Lipinski definition) is 3. The molecule has 1 amide bonds. The topological polar surface area (TPSA) is 84.2 Å². The van der Waals surface area contributed by atoms with Gasteiger partial charge in [-0.3, -0.25) is 9.48 Å². The Balaban J connectivity index is 2.23. The van der Waals surface area contributed by atoms with E-state index in [4.69, 9.17) is 0 Å². The van der Waals surface area contributed by atoms with Gasteiger partial charge in [0, 0.05) is 17.8 Å². The summed E-state index contributed by atoms with van der Waals surface area (Å²) in [5.41, 5.74) is -0.0251. The van der Waals surface area contributed by atoms with Crippen molar-refractivity contribution in [2.45, 2.75) is 25.9 Å². The Morgan fingerprint density at radius 1 is 1.27 bits per heavy atom. The lowest BCUT2D eigenvalue weighted by molar-refractivity contribution is -0.139. The summed E-state index contributed by atoms with van der Waals surface area (Å²) in [5, 5.41) is 15.6. The third-order valence-electron chi connectivity index (χ3n) is 3.11. The van der Waals surface area contributed by atoms with Crippen LogP contribution >= 0.6 is 0 Å². The first-order valence-corrected chi connectivity index (χ1v) is 6.73. The molecule has 0 spiro atoms. The second kappa shape index (κ2) is 6.38. The normalized spacial score (nSPS) is 12.2. The third-order valence-corrected chi connectivity index (χ3v) is 3.11. The number of aromatic nitrogens is 2. The summed E-state index contributed by atoms with van der Waals surface area (Å²) in [6.07, 6.45) is 1.62. The number of nitrogens with zero attached hydrogens (tertiary/aromatic N) is 2. The van der Waals surface area contributed by atoms with Gasteiger partial charge in [-0.2, -0.15) is 5.10 Å². The SMILES string of the molecule is CC(C)n1ccc(C(=O)NC(C(=O)O)c2ccccc2F)n1. The summed E-state index contributed by atoms with van der Waals surface area (Å²) >= 11 is 0. The summed E-state index contributed by atoms with van der Waals surface area (Å²) in [6.45, 7) is 3.79. The highest BCUT2D eigenvalue weighted by Gasteiger charge is 2.26. The minimum Gasteiger partial charge on any atom is -0.479 e. The van der Waals surface area contributed by atoms with E-state index in [1.54, 1.807) is 10.9 Å². The van der Waals surface area contributed by atoms with Crippen LogP contribution in [0.4, 0.5) is 4.39 Å². The number of benzene rings is 1. The van der Waals surface area contributed by atoms with Crippen LogP contribution in [0.3, 0.4) is 0 Å². The zero-order valence-corrected chi connectivity index (χ0v) is 12.2. The monoisotopic (exact) mass is 305 g/mol. The van der Waals surface area contributed by atoms with E-state index in [9.17, 15) is 19.1 Å². The van der Waals surface area contributed by atoms with Crippen molar-refractivity contribution in [2.75, 3.05) is 0 Å². The highest BCUT2D eigenvalue weighted by molar-refractivity contribution is 5.95. The van der Waals surface area contributed by atoms with Crippen molar-refractivity contribution in [1.29, 1.82) is 0 Å². The molecule has 0 aliphatic rings. The summed E-state index contributed by atoms with van der Waals surface area (Å²) in [5.74, 6) is -2.71. The lowest BCUT2D eigenvalue weighted by atomic mass is 10.1. The molecule has 0 aliphatic carbocycles. The Kier molecular flexibility index (Phi) is 4.55. The number of carboxylic acids is 1. The molecule has 0 fully saturated rings. The number of rotatable bonds is 5. The van der Waals surface area contributed by atoms with Gasteiger partial charge in [0.15, 0.2) is 6.04 Å². The maximum Gasteiger partial charge on any atom is 0.331 e. The standard InChI is InChI=1S/C15H16FN3O3/c1-9(2)19-8-7-12(18-19)14(20)17-13(15(21)22)10-5-3-4-6-11(10)16/h3-9,13H,1-2H3,(H,17,20)(H,21,22). The molecule has 0 saturated heterocycles. The molecule has 116 valence electrons. The fourth-order valence-electron chi connectivity index (χ4n) is 1.93. The van der Waals surface area contributed by atoms with Gasteiger partial charge >= 0.3 is 5.97 Å². The molecule has 2 N–H and O–H groups in total. The minimum atomic E-state index is -1.47. The van der Waals surface area contributed by atoms with Gasteiger partial charge in [-0.1, -0.05) is 18.2 Å². The molecule has 1 aromatic carbocycles. The molecule has 0 aliphatic heterocycles. The molecule has 2 aromatic rings. The third kappa shape index (κ3) is 3.30. The van der Waals surface area contributed by atoms with Gasteiger partial charge in [0.2, 0.25) is 0 Å². The molecule has 1 aromatic heterocycles. The highest BCUT2D eigenvalue weighted by atomic mass is 19.1. The summed E-state index contributed by atoms with van der Waals surface area (Å²) in [6, 6.07) is 5.50. The first kappa shape index (κ1) is 15.7. The molecule has 7 heteroatoms. The average Bonchev–Trinajstić information content (AvgIpc) is 2.95. The average molecular weight is 305 g/mol. The number of amides is 1. The second-order valence-electron chi connectivity index (χ2n) is 5.04. The molecular weight excluding hydrogens is 289 g/mol. The van der Waals surface area contributed by atoms with E-state index >= 15 is 0 Å². The van der Waals surface area contributed by atoms with Crippen molar-refractivity contribution in [3.05, 3.63) is 53.6 Å². The number of halogens is 1. The van der Waals surface area contributed by atoms with E-state index < -0.39 is 23.7 Å². The van der Waals surface area contributed by atoms with Crippen LogP contribution in [-0.4, -0.2) is 26.8 Å². The van der Waals surface area contributed by atoms with E-state index in [0.717, 1.165) is 6.07 Å². The van der Waals surface area contributed by atoms with Crippen molar-refractivity contribution in [3.8, 4) is 0 Å². The van der Waals surface area contributed by atoms with Crippen LogP contribution in [0, 0.1) is 5.82 Å². The Bertz CT molecular complexity index is 697. The van der Waals surface area contributed by atoms with Gasteiger partial charge in [0.05, 0.1) is 0 Å². The zero-order valence-electron chi connectivity index (χ0n) is 12.2. The van der Waals surface area contributed by atoms with Crippen molar-refractivity contribution < 1.29 is 19.1 Å². The van der Waals surface area contributed by atoms with Gasteiger partial charge in [0.25, 0.3) is 5.91 Å². The quantitative estimate of drug-likeness (QED) is 0.886. The van der Waals surface area contributed by atoms with Crippen LogP contribution in [0.15, 0.2) is 36.5 Å². The van der Waals surface area contributed by atoms with E-state index in [1.807, 2.05) is 13.8 Å². The number of carbonyl (C=O) groups is 2. The van der Waals surface area contributed by atoms with Crippen LogP contribution in [0.1, 0.15) is 42.0 Å². The molecule has 2 rings (SSSR count). The summed E-state index contributed by atoms with van der Waals surface area (Å²) < 4.78 is 15.3. The molecular formula is C15H16FN3O3. The van der Waals surface area contributed by atoms with Gasteiger partial charge in [-0.25, -0.2) is 9.18 Å². The number of aliphatic carboxylic acids is 1. The Morgan fingerprint density at radius 3 is 2.50 bits per heavy atom. The zero-order chi connectivity index (χ0) is 16.3. The molecule has 0 radical (unpaired) electrons. The minimum absolute atomic E-state index is 0.0726. The van der Waals surface area contributed by atoms with Gasteiger partial charge in [-0.15, -0.1) is 0 Å². The predicted octanol–water partition coefficient (Wildman–Crippen LogP) is 2.16. The maximum absolute atomic E-state index is 13.7. The van der Waals surface area contributed by atoms with Crippen LogP contribution in [0.2, 0.25) is 0 Å². The molecule has 1 atom stereocenters. The van der Waals surface area contributed by atoms with E-state index in [0.29, 0.717) is 0 Å². The summed E-state index contributed by atoms with van der Waals surface area (Å²) in [7, 11) is 0. The van der Waals surface area contributed by atoms with Crippen molar-refractivity contribution in [2.24, 2.45) is 0 Å². The first-order valence-electron chi connectivity index (χ1n) is 6.73. The molecule has 6 nitrogen and oxygen atoms in total. The van der Waals surface area contributed by atoms with E-state index in [1.165, 1.54) is 24.3 Å². The second-order valence-corrected chi connectivity index (χ2v) is 5.04. The van der Waals surface area contributed by atoms with Gasteiger partial charge < -0.3 is 10.4 Å². The lowest BCUT2D eigenvalue weighted by Gasteiger charge is -2.14. The van der Waals surface area contributed by atoms with Crippen LogP contribution < -0.4 is 5.32 Å². The Labute approximate surface area is 126 Å². The molecule has 0 bridgehead atoms. The van der Waals surface area contributed by atoms with Crippen molar-refractivity contribution in [3.63, 3.8) is 0 Å². The first-order chi connectivity index (χ1) is 10.4. The molecule has 0 saturated carbocycles. The van der Waals surface area contributed by atoms with Crippen LogP contribution in [0.5, 0.6) is 0 Å². The smallest absolute Gasteiger partial charge is 0.331 e.